The van der Waals surface area contributed by atoms with Gasteiger partial charge in [0.2, 0.25) is 5.91 Å². The predicted molar refractivity (Wildman–Crippen MR) is 59.9 cm³/mol. The molecule has 0 bridgehead atoms. The minimum atomic E-state index is -0.00472. The van der Waals surface area contributed by atoms with Crippen molar-refractivity contribution in [1.82, 2.24) is 5.32 Å². The molecule has 3 atom stereocenters. The zero-order valence-corrected chi connectivity index (χ0v) is 9.06. The highest BCUT2D eigenvalue weighted by molar-refractivity contribution is 5.80. The van der Waals surface area contributed by atoms with Crippen molar-refractivity contribution in [2.24, 2.45) is 5.92 Å². The first-order valence-corrected chi connectivity index (χ1v) is 5.82. The fourth-order valence-electron chi connectivity index (χ4n) is 2.44. The molecule has 1 aromatic rings. The third-order valence-corrected chi connectivity index (χ3v) is 3.38. The quantitative estimate of drug-likeness (QED) is 0.755. The maximum absolute atomic E-state index is 11.9. The monoisotopic (exact) mass is 217 g/mol. The smallest absolute Gasteiger partial charge is 0.226 e. The Labute approximate surface area is 94.8 Å². The van der Waals surface area contributed by atoms with Crippen LogP contribution in [0.15, 0.2) is 30.3 Å². The molecule has 84 valence electrons. The number of hydrogen-bond acceptors (Lipinski definition) is 2. The molecule has 16 heavy (non-hydrogen) atoms. The summed E-state index contributed by atoms with van der Waals surface area (Å²) in [5, 5.41) is 2.96. The van der Waals surface area contributed by atoms with Crippen molar-refractivity contribution in [3.63, 3.8) is 0 Å². The number of nitrogens with one attached hydrogen (secondary N) is 1. The van der Waals surface area contributed by atoms with Crippen molar-refractivity contribution in [2.75, 3.05) is 6.54 Å². The van der Waals surface area contributed by atoms with Gasteiger partial charge in [-0.2, -0.15) is 0 Å². The summed E-state index contributed by atoms with van der Waals surface area (Å²) in [5.74, 6) is 0.142. The van der Waals surface area contributed by atoms with Crippen molar-refractivity contribution >= 4 is 5.91 Å². The van der Waals surface area contributed by atoms with Gasteiger partial charge in [0.25, 0.3) is 0 Å². The van der Waals surface area contributed by atoms with Crippen LogP contribution in [0, 0.1) is 5.92 Å². The van der Waals surface area contributed by atoms with Crippen molar-refractivity contribution in [2.45, 2.75) is 25.0 Å². The van der Waals surface area contributed by atoms with E-state index >= 15 is 0 Å². The van der Waals surface area contributed by atoms with Gasteiger partial charge >= 0.3 is 0 Å². The van der Waals surface area contributed by atoms with E-state index in [2.05, 4.69) is 17.4 Å². The summed E-state index contributed by atoms with van der Waals surface area (Å²) in [6.45, 7) is 0.755. The van der Waals surface area contributed by atoms with E-state index in [0.717, 1.165) is 19.4 Å². The van der Waals surface area contributed by atoms with Crippen LogP contribution in [0.25, 0.3) is 0 Å². The number of benzene rings is 1. The molecular formula is C13H15NO2. The average Bonchev–Trinajstić information content (AvgIpc) is 3.06. The Morgan fingerprint density at radius 2 is 2.12 bits per heavy atom. The molecule has 2 heterocycles. The predicted octanol–water partition coefficient (Wildman–Crippen LogP) is 1.13. The first kappa shape index (κ1) is 9.85. The molecular weight excluding hydrogens is 202 g/mol. The van der Waals surface area contributed by atoms with Gasteiger partial charge in [0.05, 0.1) is 18.1 Å². The summed E-state index contributed by atoms with van der Waals surface area (Å²) < 4.78 is 5.55. The van der Waals surface area contributed by atoms with Crippen LogP contribution in [0.3, 0.4) is 0 Å². The first-order chi connectivity index (χ1) is 7.84. The maximum Gasteiger partial charge on any atom is 0.226 e. The molecule has 2 aliphatic heterocycles. The minimum Gasteiger partial charge on any atom is -0.369 e. The van der Waals surface area contributed by atoms with Gasteiger partial charge in [0, 0.05) is 6.54 Å². The van der Waals surface area contributed by atoms with Crippen molar-refractivity contribution < 1.29 is 9.53 Å². The SMILES string of the molecule is O=C1NCCC2OC2C1Cc1ccccc1. The summed E-state index contributed by atoms with van der Waals surface area (Å²) in [6, 6.07) is 10.1. The van der Waals surface area contributed by atoms with E-state index < -0.39 is 0 Å². The molecule has 1 amide bonds. The Hall–Kier alpha value is -1.35. The molecule has 0 saturated carbocycles. The highest BCUT2D eigenvalue weighted by Crippen LogP contribution is 2.35. The van der Waals surface area contributed by atoms with Crippen LogP contribution >= 0.6 is 0 Å². The van der Waals surface area contributed by atoms with Gasteiger partial charge in [-0.3, -0.25) is 4.79 Å². The van der Waals surface area contributed by atoms with Crippen molar-refractivity contribution in [1.29, 1.82) is 0 Å². The molecule has 0 aromatic heterocycles. The number of hydrogen-bond donors (Lipinski definition) is 1. The third-order valence-electron chi connectivity index (χ3n) is 3.38. The second-order valence-electron chi connectivity index (χ2n) is 4.52. The van der Waals surface area contributed by atoms with Gasteiger partial charge in [0.15, 0.2) is 0 Å². The molecule has 3 heteroatoms. The summed E-state index contributed by atoms with van der Waals surface area (Å²) in [6.07, 6.45) is 2.21. The number of ether oxygens (including phenoxy) is 1. The van der Waals surface area contributed by atoms with E-state index in [4.69, 9.17) is 4.74 Å². The number of fused-ring (bicyclic) bond motifs is 1. The van der Waals surface area contributed by atoms with E-state index in [1.54, 1.807) is 0 Å². The largest absolute Gasteiger partial charge is 0.369 e. The van der Waals surface area contributed by atoms with Crippen LogP contribution in [0.4, 0.5) is 0 Å². The van der Waals surface area contributed by atoms with E-state index in [1.807, 2.05) is 18.2 Å². The zero-order valence-electron chi connectivity index (χ0n) is 9.06. The molecule has 1 aromatic carbocycles. The van der Waals surface area contributed by atoms with E-state index in [0.29, 0.717) is 6.10 Å². The van der Waals surface area contributed by atoms with E-state index in [1.165, 1.54) is 5.56 Å². The average molecular weight is 217 g/mol. The Morgan fingerprint density at radius 1 is 1.31 bits per heavy atom. The van der Waals surface area contributed by atoms with Crippen molar-refractivity contribution in [3.05, 3.63) is 35.9 Å². The Kier molecular flexibility index (Phi) is 2.40. The van der Waals surface area contributed by atoms with Gasteiger partial charge < -0.3 is 10.1 Å². The molecule has 0 radical (unpaired) electrons. The molecule has 0 aliphatic carbocycles. The van der Waals surface area contributed by atoms with Gasteiger partial charge in [-0.25, -0.2) is 0 Å². The molecule has 3 rings (SSSR count). The molecule has 0 spiro atoms. The van der Waals surface area contributed by atoms with Gasteiger partial charge in [-0.15, -0.1) is 0 Å². The zero-order chi connectivity index (χ0) is 11.0. The topological polar surface area (TPSA) is 41.6 Å². The number of rotatable bonds is 2. The summed E-state index contributed by atoms with van der Waals surface area (Å²) in [4.78, 5) is 11.9. The van der Waals surface area contributed by atoms with Gasteiger partial charge in [-0.05, 0) is 18.4 Å². The lowest BCUT2D eigenvalue weighted by molar-refractivity contribution is -0.125. The normalized spacial score (nSPS) is 32.5. The summed E-state index contributed by atoms with van der Waals surface area (Å²) in [5.41, 5.74) is 1.21. The van der Waals surface area contributed by atoms with Crippen LogP contribution in [0.5, 0.6) is 0 Å². The highest BCUT2D eigenvalue weighted by atomic mass is 16.6. The lowest BCUT2D eigenvalue weighted by Crippen LogP contribution is -2.33. The second kappa shape index (κ2) is 3.91. The Morgan fingerprint density at radius 3 is 2.94 bits per heavy atom. The van der Waals surface area contributed by atoms with Gasteiger partial charge in [0.1, 0.15) is 0 Å². The molecule has 2 aliphatic rings. The first-order valence-electron chi connectivity index (χ1n) is 5.82. The molecule has 2 saturated heterocycles. The maximum atomic E-state index is 11.9. The molecule has 2 fully saturated rings. The minimum absolute atomic E-state index is 0.00472. The Bertz CT molecular complexity index is 390. The van der Waals surface area contributed by atoms with Crippen LogP contribution in [0.2, 0.25) is 0 Å². The standard InChI is InChI=1S/C13H15NO2/c15-13-10(8-9-4-2-1-3-5-9)12-11(16-12)6-7-14-13/h1-5,10-12H,6-8H2,(H,14,15). The van der Waals surface area contributed by atoms with Crippen molar-refractivity contribution in [3.8, 4) is 0 Å². The van der Waals surface area contributed by atoms with Crippen LogP contribution in [0.1, 0.15) is 12.0 Å². The molecule has 3 unspecified atom stereocenters. The number of epoxide rings is 1. The number of carbonyl (C=O) groups excluding carboxylic acids is 1. The highest BCUT2D eigenvalue weighted by Gasteiger charge is 2.48. The number of amides is 1. The lowest BCUT2D eigenvalue weighted by atomic mass is 9.94. The fraction of sp³-hybridized carbons (Fsp3) is 0.462. The molecule has 3 nitrogen and oxygen atoms in total. The summed E-state index contributed by atoms with van der Waals surface area (Å²) >= 11 is 0. The lowest BCUT2D eigenvalue weighted by Gasteiger charge is -2.12. The fourth-order valence-corrected chi connectivity index (χ4v) is 2.44. The third kappa shape index (κ3) is 1.83. The van der Waals surface area contributed by atoms with E-state index in [-0.39, 0.29) is 17.9 Å². The van der Waals surface area contributed by atoms with E-state index in [9.17, 15) is 4.79 Å². The van der Waals surface area contributed by atoms with Crippen LogP contribution in [-0.2, 0) is 16.0 Å². The Balaban J connectivity index is 1.75. The van der Waals surface area contributed by atoms with Crippen LogP contribution in [-0.4, -0.2) is 24.7 Å². The summed E-state index contributed by atoms with van der Waals surface area (Å²) in [7, 11) is 0. The van der Waals surface area contributed by atoms with Crippen LogP contribution < -0.4 is 5.32 Å². The molecule has 1 N–H and O–H groups in total. The number of carbonyl (C=O) groups is 1. The van der Waals surface area contributed by atoms with Gasteiger partial charge in [-0.1, -0.05) is 30.3 Å². The second-order valence-corrected chi connectivity index (χ2v) is 4.52.